The molecule has 0 aromatic rings. The molecule has 0 bridgehead atoms. The highest BCUT2D eigenvalue weighted by molar-refractivity contribution is 4.75. The summed E-state index contributed by atoms with van der Waals surface area (Å²) in [4.78, 5) is 5.09. The lowest BCUT2D eigenvalue weighted by Gasteiger charge is -2.23. The summed E-state index contributed by atoms with van der Waals surface area (Å²) in [7, 11) is 2.24. The van der Waals surface area contributed by atoms with Crippen molar-refractivity contribution in [3.63, 3.8) is 0 Å². The zero-order valence-corrected chi connectivity index (χ0v) is 15.1. The van der Waals surface area contributed by atoms with Crippen molar-refractivity contribution in [2.24, 2.45) is 0 Å². The van der Waals surface area contributed by atoms with Crippen LogP contribution in [-0.4, -0.2) is 42.6 Å². The zero-order chi connectivity index (χ0) is 15.3. The van der Waals surface area contributed by atoms with Crippen LogP contribution in [-0.2, 0) is 0 Å². The van der Waals surface area contributed by atoms with Crippen LogP contribution in [0.3, 0.4) is 0 Å². The molecule has 2 heteroatoms. The molecule has 0 saturated carbocycles. The van der Waals surface area contributed by atoms with Gasteiger partial charge in [0.25, 0.3) is 0 Å². The van der Waals surface area contributed by atoms with Gasteiger partial charge in [0.2, 0.25) is 0 Å². The number of rotatable bonds is 13. The predicted octanol–water partition coefficient (Wildman–Crippen LogP) is 5.28. The Morgan fingerprint density at radius 1 is 0.714 bits per heavy atom. The second-order valence-electron chi connectivity index (χ2n) is 7.04. The molecule has 0 amide bonds. The molecule has 21 heavy (non-hydrogen) atoms. The monoisotopic (exact) mass is 296 g/mol. The highest BCUT2D eigenvalue weighted by Gasteiger charge is 2.23. The molecule has 0 spiro atoms. The Morgan fingerprint density at radius 2 is 1.19 bits per heavy atom. The summed E-state index contributed by atoms with van der Waals surface area (Å²) in [6.45, 7) is 8.47. The summed E-state index contributed by atoms with van der Waals surface area (Å²) < 4.78 is 0. The molecule has 1 aliphatic heterocycles. The number of nitrogens with zero attached hydrogens (tertiary/aromatic N) is 2. The largest absolute Gasteiger partial charge is 0.290 e. The van der Waals surface area contributed by atoms with Gasteiger partial charge in [-0.05, 0) is 26.9 Å². The molecule has 1 unspecified atom stereocenters. The van der Waals surface area contributed by atoms with E-state index in [-0.39, 0.29) is 0 Å². The lowest BCUT2D eigenvalue weighted by atomic mass is 10.1. The molecule has 1 aliphatic rings. The summed E-state index contributed by atoms with van der Waals surface area (Å²) in [5, 5.41) is 0. The maximum atomic E-state index is 2.64. The summed E-state index contributed by atoms with van der Waals surface area (Å²) in [5.74, 6) is 0. The van der Waals surface area contributed by atoms with Crippen molar-refractivity contribution in [3.8, 4) is 0 Å². The highest BCUT2D eigenvalue weighted by atomic mass is 15.4. The first kappa shape index (κ1) is 19.0. The van der Waals surface area contributed by atoms with Gasteiger partial charge in [0.15, 0.2) is 0 Å². The van der Waals surface area contributed by atoms with Crippen LogP contribution in [0.5, 0.6) is 0 Å². The van der Waals surface area contributed by atoms with Gasteiger partial charge in [0, 0.05) is 13.1 Å². The first-order chi connectivity index (χ1) is 10.3. The Labute approximate surface area is 134 Å². The van der Waals surface area contributed by atoms with Gasteiger partial charge in [-0.1, -0.05) is 77.6 Å². The van der Waals surface area contributed by atoms with Crippen LogP contribution in [0.2, 0.25) is 0 Å². The fourth-order valence-corrected chi connectivity index (χ4v) is 3.39. The minimum atomic E-state index is 0.665. The molecule has 1 atom stereocenters. The Morgan fingerprint density at radius 3 is 1.62 bits per heavy atom. The van der Waals surface area contributed by atoms with E-state index in [4.69, 9.17) is 0 Å². The number of hydrogen-bond acceptors (Lipinski definition) is 2. The molecule has 0 aromatic heterocycles. The van der Waals surface area contributed by atoms with Crippen molar-refractivity contribution < 1.29 is 0 Å². The van der Waals surface area contributed by atoms with Crippen molar-refractivity contribution in [3.05, 3.63) is 0 Å². The van der Waals surface area contributed by atoms with Gasteiger partial charge in [-0.25, -0.2) is 0 Å². The van der Waals surface area contributed by atoms with E-state index >= 15 is 0 Å². The van der Waals surface area contributed by atoms with E-state index in [2.05, 4.69) is 30.7 Å². The van der Waals surface area contributed by atoms with E-state index in [1.54, 1.807) is 0 Å². The number of likely N-dealkylation sites (N-methyl/N-ethyl adjacent to an activating group) is 1. The van der Waals surface area contributed by atoms with Crippen LogP contribution >= 0.6 is 0 Å². The second kappa shape index (κ2) is 12.5. The third-order valence-electron chi connectivity index (χ3n) is 5.21. The summed E-state index contributed by atoms with van der Waals surface area (Å²) in [6.07, 6.45) is 18.0. The van der Waals surface area contributed by atoms with Gasteiger partial charge in [-0.3, -0.25) is 9.80 Å². The standard InChI is InChI=1S/C19H40N2/c1-4-5-6-7-8-9-10-11-12-13-14-15-16-21-18-17-20(3)19(21)2/h19H,4-18H2,1-3H3. The molecule has 1 fully saturated rings. The van der Waals surface area contributed by atoms with Crippen molar-refractivity contribution >= 4 is 0 Å². The smallest absolute Gasteiger partial charge is 0.0591 e. The minimum absolute atomic E-state index is 0.665. The van der Waals surface area contributed by atoms with Gasteiger partial charge in [0.05, 0.1) is 6.17 Å². The van der Waals surface area contributed by atoms with Crippen molar-refractivity contribution in [2.75, 3.05) is 26.7 Å². The van der Waals surface area contributed by atoms with E-state index in [0.717, 1.165) is 0 Å². The molecule has 126 valence electrons. The van der Waals surface area contributed by atoms with Crippen LogP contribution in [0.15, 0.2) is 0 Å². The lowest BCUT2D eigenvalue weighted by Crippen LogP contribution is -2.34. The van der Waals surface area contributed by atoms with Crippen LogP contribution in [0.4, 0.5) is 0 Å². The summed E-state index contributed by atoms with van der Waals surface area (Å²) >= 11 is 0. The second-order valence-corrected chi connectivity index (χ2v) is 7.04. The quantitative estimate of drug-likeness (QED) is 0.427. The lowest BCUT2D eigenvalue weighted by molar-refractivity contribution is 0.174. The van der Waals surface area contributed by atoms with Crippen molar-refractivity contribution in [1.82, 2.24) is 9.80 Å². The van der Waals surface area contributed by atoms with E-state index in [9.17, 15) is 0 Å². The summed E-state index contributed by atoms with van der Waals surface area (Å²) in [6, 6.07) is 0. The Balaban J connectivity index is 1.77. The molecule has 1 heterocycles. The summed E-state index contributed by atoms with van der Waals surface area (Å²) in [5.41, 5.74) is 0. The normalized spacial score (nSPS) is 20.4. The van der Waals surface area contributed by atoms with Gasteiger partial charge in [0.1, 0.15) is 0 Å². The predicted molar refractivity (Wildman–Crippen MR) is 94.7 cm³/mol. The van der Waals surface area contributed by atoms with E-state index in [1.807, 2.05) is 0 Å². The van der Waals surface area contributed by atoms with E-state index in [0.29, 0.717) is 6.17 Å². The molecule has 0 radical (unpaired) electrons. The number of hydrogen-bond donors (Lipinski definition) is 0. The Kier molecular flexibility index (Phi) is 11.3. The molecule has 0 aromatic carbocycles. The van der Waals surface area contributed by atoms with Crippen LogP contribution in [0, 0.1) is 0 Å². The molecule has 0 aliphatic carbocycles. The average Bonchev–Trinajstić information content (AvgIpc) is 2.80. The first-order valence-electron chi connectivity index (χ1n) is 9.70. The molecule has 2 nitrogen and oxygen atoms in total. The van der Waals surface area contributed by atoms with Crippen molar-refractivity contribution in [2.45, 2.75) is 97.1 Å². The van der Waals surface area contributed by atoms with Gasteiger partial charge >= 0.3 is 0 Å². The molecule has 0 N–H and O–H groups in total. The topological polar surface area (TPSA) is 6.48 Å². The molecular formula is C19H40N2. The van der Waals surface area contributed by atoms with Crippen LogP contribution in [0.25, 0.3) is 0 Å². The van der Waals surface area contributed by atoms with Crippen LogP contribution in [0.1, 0.15) is 90.9 Å². The third-order valence-corrected chi connectivity index (χ3v) is 5.21. The van der Waals surface area contributed by atoms with E-state index in [1.165, 1.54) is 96.7 Å². The zero-order valence-electron chi connectivity index (χ0n) is 15.1. The maximum absolute atomic E-state index is 2.64. The van der Waals surface area contributed by atoms with Gasteiger partial charge < -0.3 is 0 Å². The first-order valence-corrected chi connectivity index (χ1v) is 9.70. The maximum Gasteiger partial charge on any atom is 0.0591 e. The van der Waals surface area contributed by atoms with Gasteiger partial charge in [-0.2, -0.15) is 0 Å². The number of unbranched alkanes of at least 4 members (excludes halogenated alkanes) is 11. The SMILES string of the molecule is CCCCCCCCCCCCCCN1CCN(C)C1C. The van der Waals surface area contributed by atoms with Gasteiger partial charge in [-0.15, -0.1) is 0 Å². The molecular weight excluding hydrogens is 256 g/mol. The third kappa shape index (κ3) is 8.83. The minimum Gasteiger partial charge on any atom is -0.290 e. The molecule has 1 saturated heterocycles. The average molecular weight is 297 g/mol. The van der Waals surface area contributed by atoms with Crippen molar-refractivity contribution in [1.29, 1.82) is 0 Å². The molecule has 1 rings (SSSR count). The van der Waals surface area contributed by atoms with Crippen LogP contribution < -0.4 is 0 Å². The highest BCUT2D eigenvalue weighted by Crippen LogP contribution is 2.15. The Bertz CT molecular complexity index is 230. The fraction of sp³-hybridized carbons (Fsp3) is 1.00. The van der Waals surface area contributed by atoms with E-state index < -0.39 is 0 Å². The Hall–Kier alpha value is -0.0800. The fourth-order valence-electron chi connectivity index (χ4n) is 3.39.